The third-order valence-electron chi connectivity index (χ3n) is 2.86. The SMILES string of the molecule is CC(CCc1ccco1)NC(=O)Cc1nc(CCl)cs1. The van der Waals surface area contributed by atoms with Crippen molar-refractivity contribution in [3.05, 3.63) is 40.2 Å². The van der Waals surface area contributed by atoms with Crippen molar-refractivity contribution >= 4 is 28.8 Å². The van der Waals surface area contributed by atoms with E-state index in [4.69, 9.17) is 16.0 Å². The lowest BCUT2D eigenvalue weighted by Crippen LogP contribution is -2.34. The highest BCUT2D eigenvalue weighted by atomic mass is 35.5. The van der Waals surface area contributed by atoms with Crippen LogP contribution in [0, 0.1) is 0 Å². The summed E-state index contributed by atoms with van der Waals surface area (Å²) >= 11 is 7.16. The van der Waals surface area contributed by atoms with Crippen molar-refractivity contribution in [1.29, 1.82) is 0 Å². The van der Waals surface area contributed by atoms with Gasteiger partial charge in [0.25, 0.3) is 0 Å². The van der Waals surface area contributed by atoms with Gasteiger partial charge in [-0.2, -0.15) is 0 Å². The summed E-state index contributed by atoms with van der Waals surface area (Å²) in [6, 6.07) is 3.92. The Kier molecular flexibility index (Phi) is 5.61. The number of amides is 1. The average Bonchev–Trinajstić information content (AvgIpc) is 3.06. The summed E-state index contributed by atoms with van der Waals surface area (Å²) in [5.74, 6) is 1.32. The molecule has 2 heterocycles. The Morgan fingerprint density at radius 2 is 2.45 bits per heavy atom. The number of hydrogen-bond donors (Lipinski definition) is 1. The lowest BCUT2D eigenvalue weighted by molar-refractivity contribution is -0.121. The molecule has 0 aromatic carbocycles. The fraction of sp³-hybridized carbons (Fsp3) is 0.429. The van der Waals surface area contributed by atoms with Gasteiger partial charge in [0.2, 0.25) is 5.91 Å². The molecule has 0 bridgehead atoms. The van der Waals surface area contributed by atoms with Crippen molar-refractivity contribution < 1.29 is 9.21 Å². The fourth-order valence-corrected chi connectivity index (χ4v) is 2.86. The number of furan rings is 1. The second-order valence-corrected chi connectivity index (χ2v) is 5.84. The Balaban J connectivity index is 1.73. The number of halogens is 1. The zero-order valence-electron chi connectivity index (χ0n) is 11.3. The van der Waals surface area contributed by atoms with Gasteiger partial charge in [0.05, 0.1) is 24.3 Å². The van der Waals surface area contributed by atoms with Crippen molar-refractivity contribution in [2.24, 2.45) is 0 Å². The van der Waals surface area contributed by atoms with E-state index in [0.29, 0.717) is 12.3 Å². The quantitative estimate of drug-likeness (QED) is 0.799. The second kappa shape index (κ2) is 7.45. The highest BCUT2D eigenvalue weighted by Gasteiger charge is 2.11. The molecule has 0 fully saturated rings. The minimum Gasteiger partial charge on any atom is -0.469 e. The van der Waals surface area contributed by atoms with E-state index in [2.05, 4.69) is 10.3 Å². The predicted octanol–water partition coefficient (Wildman–Crippen LogP) is 3.15. The zero-order chi connectivity index (χ0) is 14.4. The van der Waals surface area contributed by atoms with Crippen LogP contribution in [0.2, 0.25) is 0 Å². The van der Waals surface area contributed by atoms with Crippen LogP contribution in [0.5, 0.6) is 0 Å². The molecule has 2 rings (SSSR count). The number of alkyl halides is 1. The van der Waals surface area contributed by atoms with Crippen molar-refractivity contribution in [1.82, 2.24) is 10.3 Å². The van der Waals surface area contributed by atoms with Crippen LogP contribution in [-0.2, 0) is 23.5 Å². The minimum absolute atomic E-state index is 0.00702. The van der Waals surface area contributed by atoms with Crippen molar-refractivity contribution in [2.75, 3.05) is 0 Å². The highest BCUT2D eigenvalue weighted by molar-refractivity contribution is 7.09. The van der Waals surface area contributed by atoms with E-state index in [1.807, 2.05) is 24.4 Å². The van der Waals surface area contributed by atoms with Crippen molar-refractivity contribution in [3.8, 4) is 0 Å². The van der Waals surface area contributed by atoms with E-state index >= 15 is 0 Å². The maximum atomic E-state index is 11.9. The molecule has 0 saturated carbocycles. The molecule has 0 spiro atoms. The van der Waals surface area contributed by atoms with Gasteiger partial charge in [-0.3, -0.25) is 4.79 Å². The smallest absolute Gasteiger partial charge is 0.227 e. The molecule has 1 amide bonds. The van der Waals surface area contributed by atoms with Gasteiger partial charge in [-0.1, -0.05) is 0 Å². The largest absolute Gasteiger partial charge is 0.469 e. The van der Waals surface area contributed by atoms with Crippen LogP contribution in [0.4, 0.5) is 0 Å². The van der Waals surface area contributed by atoms with E-state index < -0.39 is 0 Å². The Hall–Kier alpha value is -1.33. The molecular weight excluding hydrogens is 296 g/mol. The molecule has 108 valence electrons. The molecule has 2 aromatic heterocycles. The molecule has 0 aliphatic heterocycles. The molecular formula is C14H17ClN2O2S. The fourth-order valence-electron chi connectivity index (χ4n) is 1.84. The third-order valence-corrected chi connectivity index (χ3v) is 4.03. The van der Waals surface area contributed by atoms with Gasteiger partial charge in [-0.05, 0) is 25.5 Å². The number of carbonyl (C=O) groups excluding carboxylic acids is 1. The molecule has 1 N–H and O–H groups in total. The molecule has 0 radical (unpaired) electrons. The Bertz CT molecular complexity index is 539. The summed E-state index contributed by atoms with van der Waals surface area (Å²) in [6.45, 7) is 1.99. The van der Waals surface area contributed by atoms with E-state index in [1.165, 1.54) is 11.3 Å². The summed E-state index contributed by atoms with van der Waals surface area (Å²) in [5, 5.41) is 5.66. The molecule has 2 aromatic rings. The van der Waals surface area contributed by atoms with Crippen molar-refractivity contribution in [2.45, 2.75) is 38.1 Å². The first-order valence-corrected chi connectivity index (χ1v) is 7.89. The molecule has 0 aliphatic rings. The molecule has 20 heavy (non-hydrogen) atoms. The Labute approximate surface area is 127 Å². The van der Waals surface area contributed by atoms with Gasteiger partial charge in [-0.25, -0.2) is 4.98 Å². The molecule has 1 unspecified atom stereocenters. The van der Waals surface area contributed by atoms with Crippen LogP contribution >= 0.6 is 22.9 Å². The number of carbonyl (C=O) groups is 1. The average molecular weight is 313 g/mol. The summed E-state index contributed by atoms with van der Waals surface area (Å²) in [6.07, 6.45) is 3.65. The van der Waals surface area contributed by atoms with Gasteiger partial charge in [-0.15, -0.1) is 22.9 Å². The number of rotatable bonds is 7. The first kappa shape index (κ1) is 15.1. The highest BCUT2D eigenvalue weighted by Crippen LogP contribution is 2.12. The molecule has 6 heteroatoms. The first-order valence-electron chi connectivity index (χ1n) is 6.48. The molecule has 4 nitrogen and oxygen atoms in total. The number of hydrogen-bond acceptors (Lipinski definition) is 4. The lowest BCUT2D eigenvalue weighted by Gasteiger charge is -2.12. The number of nitrogens with one attached hydrogen (secondary N) is 1. The molecule has 0 aliphatic carbocycles. The zero-order valence-corrected chi connectivity index (χ0v) is 12.8. The maximum Gasteiger partial charge on any atom is 0.227 e. The van der Waals surface area contributed by atoms with Gasteiger partial charge >= 0.3 is 0 Å². The molecule has 1 atom stereocenters. The van der Waals surface area contributed by atoms with Gasteiger partial charge in [0.15, 0.2) is 0 Å². The Morgan fingerprint density at radius 3 is 3.10 bits per heavy atom. The predicted molar refractivity (Wildman–Crippen MR) is 80.0 cm³/mol. The van der Waals surface area contributed by atoms with Crippen LogP contribution in [0.1, 0.15) is 29.8 Å². The van der Waals surface area contributed by atoms with Crippen LogP contribution in [0.15, 0.2) is 28.2 Å². The van der Waals surface area contributed by atoms with Crippen LogP contribution in [0.25, 0.3) is 0 Å². The first-order chi connectivity index (χ1) is 9.67. The third kappa shape index (κ3) is 4.65. The standard InChI is InChI=1S/C14H17ClN2O2S/c1-10(4-5-12-3-2-6-19-12)16-13(18)7-14-17-11(8-15)9-20-14/h2-3,6,9-10H,4-5,7-8H2,1H3,(H,16,18). The van der Waals surface area contributed by atoms with Gasteiger partial charge < -0.3 is 9.73 Å². The summed E-state index contributed by atoms with van der Waals surface area (Å²) in [7, 11) is 0. The topological polar surface area (TPSA) is 55.1 Å². The Morgan fingerprint density at radius 1 is 1.60 bits per heavy atom. The van der Waals surface area contributed by atoms with E-state index in [-0.39, 0.29) is 11.9 Å². The number of aryl methyl sites for hydroxylation is 1. The molecule has 0 saturated heterocycles. The lowest BCUT2D eigenvalue weighted by atomic mass is 10.1. The monoisotopic (exact) mass is 312 g/mol. The normalized spacial score (nSPS) is 12.3. The second-order valence-electron chi connectivity index (χ2n) is 4.63. The van der Waals surface area contributed by atoms with Gasteiger partial charge in [0.1, 0.15) is 10.8 Å². The summed E-state index contributed by atoms with van der Waals surface area (Å²) < 4.78 is 5.27. The number of aromatic nitrogens is 1. The van der Waals surface area contributed by atoms with Crippen LogP contribution in [0.3, 0.4) is 0 Å². The van der Waals surface area contributed by atoms with Crippen LogP contribution in [-0.4, -0.2) is 16.9 Å². The minimum atomic E-state index is -0.00702. The summed E-state index contributed by atoms with van der Waals surface area (Å²) in [5.41, 5.74) is 0.824. The van der Waals surface area contributed by atoms with E-state index in [1.54, 1.807) is 6.26 Å². The van der Waals surface area contributed by atoms with Crippen LogP contribution < -0.4 is 5.32 Å². The number of nitrogens with zero attached hydrogens (tertiary/aromatic N) is 1. The van der Waals surface area contributed by atoms with E-state index in [9.17, 15) is 4.79 Å². The number of thiazole rings is 1. The maximum absolute atomic E-state index is 11.9. The van der Waals surface area contributed by atoms with Crippen molar-refractivity contribution in [3.63, 3.8) is 0 Å². The summed E-state index contributed by atoms with van der Waals surface area (Å²) in [4.78, 5) is 16.2. The van der Waals surface area contributed by atoms with E-state index in [0.717, 1.165) is 29.3 Å². The van der Waals surface area contributed by atoms with Gasteiger partial charge in [0, 0.05) is 17.8 Å².